The number of hydrogen-bond acceptors (Lipinski definition) is 6. The number of rotatable bonds is 3. The minimum Gasteiger partial charge on any atom is -0.491 e. The van der Waals surface area contributed by atoms with Crippen molar-refractivity contribution >= 4 is 11.7 Å². The number of aromatic nitrogens is 4. The Morgan fingerprint density at radius 3 is 2.79 bits per heavy atom. The van der Waals surface area contributed by atoms with E-state index in [1.807, 2.05) is 38.1 Å². The summed E-state index contributed by atoms with van der Waals surface area (Å²) in [4.78, 5) is 12.6. The maximum absolute atomic E-state index is 12.6. The molecule has 0 saturated carbocycles. The average molecular weight is 325 g/mol. The van der Waals surface area contributed by atoms with Gasteiger partial charge in [0.15, 0.2) is 5.78 Å². The molecule has 0 amide bonds. The number of nitrogens with zero attached hydrogens (tertiary/aromatic N) is 4. The molecule has 0 saturated heterocycles. The van der Waals surface area contributed by atoms with Crippen LogP contribution in [-0.4, -0.2) is 32.1 Å². The summed E-state index contributed by atoms with van der Waals surface area (Å²) in [6.07, 6.45) is 2.40. The minimum absolute atomic E-state index is 0.120. The van der Waals surface area contributed by atoms with Crippen LogP contribution in [0.25, 0.3) is 0 Å². The number of tetrazole rings is 1. The molecule has 7 heteroatoms. The molecule has 4 rings (SSSR count). The number of carbonyl (C=O) groups excluding carboxylic acids is 1. The van der Waals surface area contributed by atoms with Crippen molar-refractivity contribution in [3.05, 3.63) is 41.1 Å². The van der Waals surface area contributed by atoms with Crippen LogP contribution in [0.3, 0.4) is 0 Å². The van der Waals surface area contributed by atoms with Crippen LogP contribution in [0.2, 0.25) is 0 Å². The standard InChI is InChI=1S/C17H19N5O2/c1-10(2)24-12-8-6-11(7-9-12)16-15-13(4-3-5-14(15)23)18-17-19-20-21-22(16)17/h6-10,16H,3-5H2,1-2H3,(H,18,19,21). The molecule has 2 heterocycles. The van der Waals surface area contributed by atoms with Crippen molar-refractivity contribution in [1.82, 2.24) is 20.2 Å². The monoisotopic (exact) mass is 325 g/mol. The number of carbonyl (C=O) groups is 1. The summed E-state index contributed by atoms with van der Waals surface area (Å²) in [7, 11) is 0. The number of hydrogen-bond donors (Lipinski definition) is 1. The Balaban J connectivity index is 1.77. The van der Waals surface area contributed by atoms with Gasteiger partial charge in [-0.25, -0.2) is 0 Å². The SMILES string of the molecule is CC(C)Oc1ccc(C2C3=C(CCCC3=O)Nc3nnnn32)cc1. The first-order chi connectivity index (χ1) is 11.6. The third-order valence-corrected chi connectivity index (χ3v) is 4.30. The van der Waals surface area contributed by atoms with Crippen molar-refractivity contribution in [1.29, 1.82) is 0 Å². The second-order valence-electron chi connectivity index (χ2n) is 6.38. The number of anilines is 1. The van der Waals surface area contributed by atoms with Gasteiger partial charge in [-0.2, -0.15) is 4.68 Å². The predicted octanol–water partition coefficient (Wildman–Crippen LogP) is 2.48. The first kappa shape index (κ1) is 14.9. The van der Waals surface area contributed by atoms with Crippen molar-refractivity contribution in [3.63, 3.8) is 0 Å². The first-order valence-corrected chi connectivity index (χ1v) is 8.21. The molecule has 1 aliphatic heterocycles. The molecule has 1 aliphatic carbocycles. The fourth-order valence-electron chi connectivity index (χ4n) is 3.33. The van der Waals surface area contributed by atoms with Crippen molar-refractivity contribution in [2.45, 2.75) is 45.3 Å². The normalized spacial score (nSPS) is 19.8. The van der Waals surface area contributed by atoms with Crippen LogP contribution in [0.15, 0.2) is 35.5 Å². The molecule has 7 nitrogen and oxygen atoms in total. The lowest BCUT2D eigenvalue weighted by atomic mass is 9.85. The summed E-state index contributed by atoms with van der Waals surface area (Å²) in [5.41, 5.74) is 2.70. The molecule has 124 valence electrons. The van der Waals surface area contributed by atoms with Crippen LogP contribution in [0.5, 0.6) is 5.75 Å². The van der Waals surface area contributed by atoms with E-state index in [9.17, 15) is 4.79 Å². The molecular weight excluding hydrogens is 306 g/mol. The molecule has 1 aromatic heterocycles. The van der Waals surface area contributed by atoms with Gasteiger partial charge < -0.3 is 10.1 Å². The lowest BCUT2D eigenvalue weighted by molar-refractivity contribution is -0.116. The van der Waals surface area contributed by atoms with E-state index in [2.05, 4.69) is 20.8 Å². The first-order valence-electron chi connectivity index (χ1n) is 8.21. The van der Waals surface area contributed by atoms with Crippen LogP contribution < -0.4 is 10.1 Å². The van der Waals surface area contributed by atoms with Crippen LogP contribution in [0.1, 0.15) is 44.7 Å². The summed E-state index contributed by atoms with van der Waals surface area (Å²) in [6.45, 7) is 3.98. The number of ether oxygens (including phenoxy) is 1. The number of nitrogens with one attached hydrogen (secondary N) is 1. The molecule has 1 aromatic carbocycles. The maximum atomic E-state index is 12.6. The van der Waals surface area contributed by atoms with Crippen LogP contribution in [-0.2, 0) is 4.79 Å². The summed E-state index contributed by atoms with van der Waals surface area (Å²) >= 11 is 0. The largest absolute Gasteiger partial charge is 0.491 e. The number of allylic oxidation sites excluding steroid dienone is 2. The number of fused-ring (bicyclic) bond motifs is 1. The summed E-state index contributed by atoms with van der Waals surface area (Å²) in [6, 6.07) is 7.52. The highest BCUT2D eigenvalue weighted by Crippen LogP contribution is 2.39. The highest BCUT2D eigenvalue weighted by Gasteiger charge is 2.36. The van der Waals surface area contributed by atoms with E-state index in [0.29, 0.717) is 12.4 Å². The minimum atomic E-state index is -0.285. The summed E-state index contributed by atoms with van der Waals surface area (Å²) in [5, 5.41) is 15.1. The molecule has 0 radical (unpaired) electrons. The fourth-order valence-corrected chi connectivity index (χ4v) is 3.33. The van der Waals surface area contributed by atoms with Crippen LogP contribution in [0.4, 0.5) is 5.95 Å². The van der Waals surface area contributed by atoms with Crippen LogP contribution >= 0.6 is 0 Å². The predicted molar refractivity (Wildman–Crippen MR) is 87.7 cm³/mol. The molecule has 2 aliphatic rings. The Bertz CT molecular complexity index is 807. The quantitative estimate of drug-likeness (QED) is 0.933. The van der Waals surface area contributed by atoms with Crippen molar-refractivity contribution in [2.75, 3.05) is 5.32 Å². The highest BCUT2D eigenvalue weighted by atomic mass is 16.5. The summed E-state index contributed by atoms with van der Waals surface area (Å²) in [5.74, 6) is 1.55. The third-order valence-electron chi connectivity index (χ3n) is 4.30. The molecule has 1 atom stereocenters. The van der Waals surface area contributed by atoms with Crippen molar-refractivity contribution in [2.24, 2.45) is 0 Å². The lowest BCUT2D eigenvalue weighted by Gasteiger charge is -2.31. The average Bonchev–Trinajstić information content (AvgIpc) is 3.01. The van der Waals surface area contributed by atoms with Gasteiger partial charge in [-0.15, -0.1) is 0 Å². The van der Waals surface area contributed by atoms with E-state index in [0.717, 1.165) is 35.4 Å². The van der Waals surface area contributed by atoms with E-state index < -0.39 is 0 Å². The number of ketones is 1. The van der Waals surface area contributed by atoms with Gasteiger partial charge in [-0.05, 0) is 54.8 Å². The molecule has 24 heavy (non-hydrogen) atoms. The third kappa shape index (κ3) is 2.46. The van der Waals surface area contributed by atoms with E-state index in [1.165, 1.54) is 0 Å². The Labute approximate surface area is 139 Å². The Morgan fingerprint density at radius 1 is 1.25 bits per heavy atom. The van der Waals surface area contributed by atoms with Gasteiger partial charge in [0.05, 0.1) is 6.10 Å². The van der Waals surface area contributed by atoms with Gasteiger partial charge in [-0.1, -0.05) is 17.2 Å². The second kappa shape index (κ2) is 5.74. The van der Waals surface area contributed by atoms with E-state index >= 15 is 0 Å². The van der Waals surface area contributed by atoms with E-state index in [-0.39, 0.29) is 17.9 Å². The highest BCUT2D eigenvalue weighted by molar-refractivity contribution is 5.99. The van der Waals surface area contributed by atoms with Gasteiger partial charge in [0, 0.05) is 17.7 Å². The molecule has 0 spiro atoms. The van der Waals surface area contributed by atoms with Gasteiger partial charge in [0.25, 0.3) is 0 Å². The molecule has 0 fully saturated rings. The van der Waals surface area contributed by atoms with Crippen molar-refractivity contribution in [3.8, 4) is 5.75 Å². The molecule has 0 bridgehead atoms. The zero-order valence-corrected chi connectivity index (χ0v) is 13.7. The summed E-state index contributed by atoms with van der Waals surface area (Å²) < 4.78 is 7.38. The topological polar surface area (TPSA) is 81.9 Å². The van der Waals surface area contributed by atoms with Gasteiger partial charge in [0.1, 0.15) is 11.8 Å². The molecule has 1 unspecified atom stereocenters. The Morgan fingerprint density at radius 2 is 2.04 bits per heavy atom. The Kier molecular flexibility index (Phi) is 3.55. The molecular formula is C17H19N5O2. The fraction of sp³-hybridized carbons (Fsp3) is 0.412. The van der Waals surface area contributed by atoms with E-state index in [1.54, 1.807) is 4.68 Å². The number of benzene rings is 1. The lowest BCUT2D eigenvalue weighted by Crippen LogP contribution is -2.31. The Hall–Kier alpha value is -2.70. The van der Waals surface area contributed by atoms with Crippen molar-refractivity contribution < 1.29 is 9.53 Å². The van der Waals surface area contributed by atoms with Gasteiger partial charge >= 0.3 is 0 Å². The van der Waals surface area contributed by atoms with E-state index in [4.69, 9.17) is 4.74 Å². The zero-order valence-electron chi connectivity index (χ0n) is 13.7. The van der Waals surface area contributed by atoms with Crippen LogP contribution in [0, 0.1) is 0 Å². The molecule has 2 aromatic rings. The van der Waals surface area contributed by atoms with Gasteiger partial charge in [-0.3, -0.25) is 4.79 Å². The smallest absolute Gasteiger partial charge is 0.248 e. The maximum Gasteiger partial charge on any atom is 0.248 e. The number of Topliss-reactive ketones (excluding diaryl/α,β-unsaturated/α-hetero) is 1. The second-order valence-corrected chi connectivity index (χ2v) is 6.38. The zero-order chi connectivity index (χ0) is 16.7. The van der Waals surface area contributed by atoms with Gasteiger partial charge in [0.2, 0.25) is 5.95 Å². The molecule has 1 N–H and O–H groups in total.